The summed E-state index contributed by atoms with van der Waals surface area (Å²) >= 11 is 0. The largest absolute Gasteiger partial charge is 0.483 e. The molecule has 0 saturated carbocycles. The first-order chi connectivity index (χ1) is 15.1. The Bertz CT molecular complexity index is 653. The highest BCUT2D eigenvalue weighted by molar-refractivity contribution is 5.74. The molecule has 3 rings (SSSR count). The van der Waals surface area contributed by atoms with Crippen molar-refractivity contribution in [3.63, 3.8) is 0 Å². The molecule has 31 heavy (non-hydrogen) atoms. The minimum atomic E-state index is -0.250. The summed E-state index contributed by atoms with van der Waals surface area (Å²) in [7, 11) is 0. The number of benzene rings is 1. The van der Waals surface area contributed by atoms with Crippen molar-refractivity contribution in [1.29, 1.82) is 0 Å². The number of hydrogen-bond donors (Lipinski definition) is 3. The topological polar surface area (TPSA) is 96.4 Å². The summed E-state index contributed by atoms with van der Waals surface area (Å²) in [6.45, 7) is 6.51. The lowest BCUT2D eigenvalue weighted by atomic mass is 10.0. The van der Waals surface area contributed by atoms with Gasteiger partial charge in [0.25, 0.3) is 6.47 Å². The third-order valence-electron chi connectivity index (χ3n) is 5.84. The number of carbonyl (C=O) groups is 2. The van der Waals surface area contributed by atoms with Crippen molar-refractivity contribution >= 4 is 12.5 Å². The number of rotatable bonds is 7. The molecule has 2 aliphatic heterocycles. The number of carbonyl (C=O) groups excluding carboxylic acids is 1. The number of amides is 2. The van der Waals surface area contributed by atoms with Crippen molar-refractivity contribution in [3.8, 4) is 0 Å². The first-order valence-corrected chi connectivity index (χ1v) is 11.0. The van der Waals surface area contributed by atoms with Gasteiger partial charge in [0.2, 0.25) is 0 Å². The van der Waals surface area contributed by atoms with Gasteiger partial charge in [-0.3, -0.25) is 14.6 Å². The molecule has 1 atom stereocenters. The number of likely N-dealkylation sites (tertiary alicyclic amines) is 1. The molecule has 2 aliphatic rings. The molecular formula is C22H35FN4O4. The van der Waals surface area contributed by atoms with E-state index in [1.54, 1.807) is 0 Å². The van der Waals surface area contributed by atoms with Crippen LogP contribution < -0.4 is 5.32 Å². The number of piperidine rings is 1. The highest BCUT2D eigenvalue weighted by Gasteiger charge is 2.22. The highest BCUT2D eigenvalue weighted by Crippen LogP contribution is 2.16. The molecule has 3 N–H and O–H groups in total. The summed E-state index contributed by atoms with van der Waals surface area (Å²) in [6, 6.07) is 6.92. The van der Waals surface area contributed by atoms with Gasteiger partial charge in [0, 0.05) is 51.9 Å². The van der Waals surface area contributed by atoms with E-state index >= 15 is 0 Å². The lowest BCUT2D eigenvalue weighted by Crippen LogP contribution is -2.51. The van der Waals surface area contributed by atoms with Crippen LogP contribution in [0.25, 0.3) is 0 Å². The van der Waals surface area contributed by atoms with Gasteiger partial charge in [0.1, 0.15) is 5.82 Å². The van der Waals surface area contributed by atoms with Gasteiger partial charge in [-0.05, 0) is 43.5 Å². The lowest BCUT2D eigenvalue weighted by Gasteiger charge is -2.35. The van der Waals surface area contributed by atoms with Crippen molar-refractivity contribution in [2.45, 2.75) is 38.3 Å². The Morgan fingerprint density at radius 2 is 1.81 bits per heavy atom. The standard InChI is InChI=1S/C21H33FN4O2.CH2O2/c22-19-7-5-18(6-8-19)16-24-12-14-26(15-13-24)21(28)23-9-3-11-25-10-2-1-4-20(25)17-27;2-1-3/h5-8,20,27H,1-4,9-17H2,(H,23,28);1H,(H,2,3). The van der Waals surface area contributed by atoms with E-state index in [4.69, 9.17) is 9.90 Å². The molecule has 2 saturated heterocycles. The van der Waals surface area contributed by atoms with Crippen LogP contribution in [0.5, 0.6) is 0 Å². The van der Waals surface area contributed by atoms with Gasteiger partial charge in [0.15, 0.2) is 0 Å². The maximum Gasteiger partial charge on any atom is 0.317 e. The number of aliphatic hydroxyl groups excluding tert-OH is 1. The Hall–Kier alpha value is -2.23. The molecule has 2 amide bonds. The van der Waals surface area contributed by atoms with Crippen molar-refractivity contribution < 1.29 is 24.2 Å². The highest BCUT2D eigenvalue weighted by atomic mass is 19.1. The summed E-state index contributed by atoms with van der Waals surface area (Å²) in [5.74, 6) is -0.211. The van der Waals surface area contributed by atoms with Gasteiger partial charge in [-0.25, -0.2) is 9.18 Å². The fourth-order valence-corrected chi connectivity index (χ4v) is 4.11. The number of aliphatic hydroxyl groups is 1. The average molecular weight is 439 g/mol. The lowest BCUT2D eigenvalue weighted by molar-refractivity contribution is -0.122. The zero-order chi connectivity index (χ0) is 22.5. The number of nitrogens with one attached hydrogen (secondary N) is 1. The van der Waals surface area contributed by atoms with E-state index in [9.17, 15) is 14.3 Å². The van der Waals surface area contributed by atoms with Gasteiger partial charge < -0.3 is 20.4 Å². The molecule has 2 heterocycles. The van der Waals surface area contributed by atoms with Gasteiger partial charge >= 0.3 is 6.03 Å². The molecule has 9 heteroatoms. The van der Waals surface area contributed by atoms with E-state index in [-0.39, 0.29) is 24.9 Å². The van der Waals surface area contributed by atoms with Crippen molar-refractivity contribution in [3.05, 3.63) is 35.6 Å². The van der Waals surface area contributed by atoms with Crippen LogP contribution in [0.4, 0.5) is 9.18 Å². The van der Waals surface area contributed by atoms with Crippen LogP contribution in [0.3, 0.4) is 0 Å². The van der Waals surface area contributed by atoms with E-state index in [1.165, 1.54) is 25.0 Å². The molecule has 0 radical (unpaired) electrons. The maximum absolute atomic E-state index is 13.0. The Morgan fingerprint density at radius 3 is 2.45 bits per heavy atom. The molecule has 1 aromatic carbocycles. The van der Waals surface area contributed by atoms with Crippen molar-refractivity contribution in [2.24, 2.45) is 0 Å². The number of urea groups is 1. The van der Waals surface area contributed by atoms with Gasteiger partial charge in [0.05, 0.1) is 6.61 Å². The van der Waals surface area contributed by atoms with Crippen LogP contribution in [0.15, 0.2) is 24.3 Å². The number of piperazine rings is 1. The monoisotopic (exact) mass is 438 g/mol. The second-order valence-corrected chi connectivity index (χ2v) is 7.95. The van der Waals surface area contributed by atoms with E-state index in [0.717, 1.165) is 51.1 Å². The van der Waals surface area contributed by atoms with Crippen LogP contribution in [0.1, 0.15) is 31.2 Å². The van der Waals surface area contributed by atoms with E-state index in [1.807, 2.05) is 17.0 Å². The molecule has 0 aliphatic carbocycles. The quantitative estimate of drug-likeness (QED) is 0.442. The third-order valence-corrected chi connectivity index (χ3v) is 5.84. The fourth-order valence-electron chi connectivity index (χ4n) is 4.11. The van der Waals surface area contributed by atoms with Gasteiger partial charge in [-0.1, -0.05) is 18.6 Å². The van der Waals surface area contributed by atoms with E-state index in [0.29, 0.717) is 25.7 Å². The normalized spacial score (nSPS) is 19.9. The molecule has 1 unspecified atom stereocenters. The first kappa shape index (κ1) is 25.0. The molecular weight excluding hydrogens is 403 g/mol. The summed E-state index contributed by atoms with van der Waals surface area (Å²) in [6.07, 6.45) is 4.38. The average Bonchev–Trinajstić information content (AvgIpc) is 2.79. The van der Waals surface area contributed by atoms with E-state index < -0.39 is 0 Å². The van der Waals surface area contributed by atoms with Gasteiger partial charge in [-0.2, -0.15) is 0 Å². The third kappa shape index (κ3) is 8.80. The molecule has 174 valence electrons. The van der Waals surface area contributed by atoms with Crippen molar-refractivity contribution in [2.75, 3.05) is 52.4 Å². The Labute approximate surface area is 183 Å². The van der Waals surface area contributed by atoms with Crippen LogP contribution in [0.2, 0.25) is 0 Å². The maximum atomic E-state index is 13.0. The number of nitrogens with zero attached hydrogens (tertiary/aromatic N) is 3. The Morgan fingerprint density at radius 1 is 1.13 bits per heavy atom. The molecule has 8 nitrogen and oxygen atoms in total. The van der Waals surface area contributed by atoms with Crippen LogP contribution in [-0.2, 0) is 11.3 Å². The fraction of sp³-hybridized carbons (Fsp3) is 0.636. The predicted molar refractivity (Wildman–Crippen MR) is 116 cm³/mol. The molecule has 1 aromatic rings. The number of carboxylic acid groups (broad SMARTS) is 1. The number of hydrogen-bond acceptors (Lipinski definition) is 5. The van der Waals surface area contributed by atoms with Gasteiger partial charge in [-0.15, -0.1) is 0 Å². The summed E-state index contributed by atoms with van der Waals surface area (Å²) in [5, 5.41) is 19.4. The van der Waals surface area contributed by atoms with Crippen LogP contribution in [-0.4, -0.2) is 95.9 Å². The minimum absolute atomic E-state index is 0.0128. The minimum Gasteiger partial charge on any atom is -0.483 e. The zero-order valence-corrected chi connectivity index (χ0v) is 18.1. The molecule has 0 aromatic heterocycles. The molecule has 0 spiro atoms. The SMILES string of the molecule is O=C(NCCCN1CCCCC1CO)N1CCN(Cc2ccc(F)cc2)CC1.O=CO. The summed E-state index contributed by atoms with van der Waals surface area (Å²) in [5.41, 5.74) is 1.10. The van der Waals surface area contributed by atoms with Crippen LogP contribution in [0, 0.1) is 5.82 Å². The van der Waals surface area contributed by atoms with Crippen molar-refractivity contribution in [1.82, 2.24) is 20.0 Å². The summed E-state index contributed by atoms with van der Waals surface area (Å²) in [4.78, 5) is 27.3. The van der Waals surface area contributed by atoms with Crippen LogP contribution >= 0.6 is 0 Å². The zero-order valence-electron chi connectivity index (χ0n) is 18.1. The molecule has 0 bridgehead atoms. The Balaban J connectivity index is 0.00000107. The van der Waals surface area contributed by atoms with E-state index in [2.05, 4.69) is 15.1 Å². The molecule has 2 fully saturated rings. The summed E-state index contributed by atoms with van der Waals surface area (Å²) < 4.78 is 13.0. The first-order valence-electron chi connectivity index (χ1n) is 11.0. The predicted octanol–water partition coefficient (Wildman–Crippen LogP) is 1.59. The number of halogens is 1. The smallest absolute Gasteiger partial charge is 0.317 e. The second-order valence-electron chi connectivity index (χ2n) is 7.95. The second kappa shape index (κ2) is 14.0. The Kier molecular flexibility index (Phi) is 11.3.